The smallest absolute Gasteiger partial charge is 0.257 e. The minimum absolute atomic E-state index is 0. The third-order valence-electron chi connectivity index (χ3n) is 14.6. The molecule has 0 amide bonds. The van der Waals surface area contributed by atoms with Gasteiger partial charge in [0.05, 0.1) is 11.4 Å². The Morgan fingerprint density at radius 3 is 0.747 bits per heavy atom. The van der Waals surface area contributed by atoms with Crippen LogP contribution in [0.2, 0.25) is 0 Å². The van der Waals surface area contributed by atoms with Crippen molar-refractivity contribution in [3.05, 3.63) is 316 Å². The van der Waals surface area contributed by atoms with Crippen LogP contribution in [-0.4, -0.2) is 9.97 Å². The summed E-state index contributed by atoms with van der Waals surface area (Å²) in [6, 6.07) is 111. The molecule has 0 saturated carbocycles. The van der Waals surface area contributed by atoms with Gasteiger partial charge in [0.1, 0.15) is 0 Å². The fraction of sp³-hybridized carbons (Fsp3) is 0. The first-order valence-electron chi connectivity index (χ1n) is 26.5. The van der Waals surface area contributed by atoms with Crippen molar-refractivity contribution in [1.29, 1.82) is 0 Å². The van der Waals surface area contributed by atoms with Gasteiger partial charge in [-0.1, -0.05) is 242 Å². The van der Waals surface area contributed by atoms with Crippen molar-refractivity contribution in [1.82, 2.24) is 9.97 Å². The van der Waals surface area contributed by atoms with Gasteiger partial charge in [0.15, 0.2) is 0 Å². The molecular formula is C76H50N2Pt. The predicted octanol–water partition coefficient (Wildman–Crippen LogP) is 20.1. The van der Waals surface area contributed by atoms with Crippen LogP contribution < -0.4 is 0 Å². The Balaban J connectivity index is 0.00000623. The van der Waals surface area contributed by atoms with Gasteiger partial charge in [-0.2, -0.15) is 0 Å². The summed E-state index contributed by atoms with van der Waals surface area (Å²) in [6.07, 6.45) is 3.89. The Hall–Kier alpha value is -9.59. The number of benzene rings is 11. The van der Waals surface area contributed by atoms with Gasteiger partial charge in [-0.25, -0.2) is 0 Å². The molecule has 0 fully saturated rings. The maximum Gasteiger partial charge on any atom is 2.00 e. The van der Waals surface area contributed by atoms with E-state index >= 15 is 0 Å². The summed E-state index contributed by atoms with van der Waals surface area (Å²) < 4.78 is 0. The summed E-state index contributed by atoms with van der Waals surface area (Å²) in [7, 11) is 0. The number of hydrogen-bond donors (Lipinski definition) is 0. The monoisotopic (exact) mass is 1190 g/mol. The molecule has 13 aromatic rings. The summed E-state index contributed by atoms with van der Waals surface area (Å²) >= 11 is 0. The van der Waals surface area contributed by atoms with E-state index in [1.807, 2.05) is 12.4 Å². The summed E-state index contributed by atoms with van der Waals surface area (Å²) in [5.74, 6) is 0. The molecule has 374 valence electrons. The van der Waals surface area contributed by atoms with Gasteiger partial charge in [0.25, 0.3) is 0 Å². The zero-order chi connectivity index (χ0) is 52.0. The van der Waals surface area contributed by atoms with E-state index in [-0.39, 0.29) is 21.1 Å². The second kappa shape index (κ2) is 22.9. The van der Waals surface area contributed by atoms with E-state index < -0.39 is 0 Å². The summed E-state index contributed by atoms with van der Waals surface area (Å²) in [5.41, 5.74) is 26.0. The van der Waals surface area contributed by atoms with Crippen molar-refractivity contribution in [2.75, 3.05) is 0 Å². The molecule has 0 atom stereocenters. The van der Waals surface area contributed by atoms with Crippen molar-refractivity contribution in [2.45, 2.75) is 0 Å². The molecule has 0 aliphatic heterocycles. The molecule has 2 nitrogen and oxygen atoms in total. The SMILES string of the molecule is [Pt+2].[c-]1c(-c2ccccc2-c2[c-]c(-c3ccccc3-c3cc(-c4c(-c5ccccc5)cccc4-c4ccccc4)ccn3)ccc2)cccc1-c1ccccc1-c1cc(-c2c(-c3ccccc3)cccc2-c2ccccc2)ccn1. The van der Waals surface area contributed by atoms with Crippen LogP contribution in [-0.2, 0) is 21.1 Å². The van der Waals surface area contributed by atoms with Crippen LogP contribution in [0.5, 0.6) is 0 Å². The van der Waals surface area contributed by atoms with E-state index in [9.17, 15) is 0 Å². The minimum Gasteiger partial charge on any atom is -0.257 e. The number of rotatable bonds is 12. The van der Waals surface area contributed by atoms with Crippen molar-refractivity contribution in [2.24, 2.45) is 0 Å². The Kier molecular flexibility index (Phi) is 14.6. The third kappa shape index (κ3) is 10.3. The first kappa shape index (κ1) is 50.2. The van der Waals surface area contributed by atoms with Crippen LogP contribution in [0.1, 0.15) is 0 Å². The molecule has 0 N–H and O–H groups in total. The van der Waals surface area contributed by atoms with Crippen molar-refractivity contribution >= 4 is 0 Å². The maximum absolute atomic E-state index is 5.04. The van der Waals surface area contributed by atoms with Gasteiger partial charge in [-0.05, 0) is 102 Å². The van der Waals surface area contributed by atoms with E-state index in [0.717, 1.165) is 78.1 Å². The van der Waals surface area contributed by atoms with Crippen LogP contribution in [0.25, 0.3) is 134 Å². The van der Waals surface area contributed by atoms with E-state index in [1.165, 1.54) is 55.6 Å². The average molecular weight is 1190 g/mol. The molecular weight excluding hydrogens is 1140 g/mol. The molecule has 0 unspecified atom stereocenters. The molecule has 0 aliphatic carbocycles. The Labute approximate surface area is 477 Å². The van der Waals surface area contributed by atoms with E-state index in [2.05, 4.69) is 303 Å². The van der Waals surface area contributed by atoms with Gasteiger partial charge in [-0.3, -0.25) is 9.97 Å². The molecule has 2 aromatic heterocycles. The molecule has 3 heteroatoms. The molecule has 2 heterocycles. The number of hydrogen-bond acceptors (Lipinski definition) is 2. The molecule has 13 rings (SSSR count). The summed E-state index contributed by atoms with van der Waals surface area (Å²) in [6.45, 7) is 0. The summed E-state index contributed by atoms with van der Waals surface area (Å²) in [5, 5.41) is 0. The average Bonchev–Trinajstić information content (AvgIpc) is 3.65. The quantitative estimate of drug-likeness (QED) is 0.114. The minimum atomic E-state index is 0. The van der Waals surface area contributed by atoms with Crippen molar-refractivity contribution in [3.8, 4) is 134 Å². The molecule has 0 bridgehead atoms. The van der Waals surface area contributed by atoms with Crippen LogP contribution in [0.4, 0.5) is 0 Å². The molecule has 0 saturated heterocycles. The fourth-order valence-corrected chi connectivity index (χ4v) is 11.0. The largest absolute Gasteiger partial charge is 2.00 e. The van der Waals surface area contributed by atoms with E-state index in [0.29, 0.717) is 0 Å². The number of pyridine rings is 2. The standard InChI is InChI=1S/C76H50N2.Pt/c1-5-23-53(24-6-1)67-41-21-42-68(54-25-7-2-8-26-54)75(67)61-45-47-77-73(51-61)71-39-17-15-37-65(71)59-33-19-31-57(49-59)63-35-13-14-36-64(63)58-32-20-34-60(50-58)66-38-16-18-40-72(66)74-52-62(46-48-78-74)76-69(55-27-9-3-10-28-55)43-22-44-70(76)56-29-11-4-12-30-56;/h1-48,51-52H;/q-2;+2. The molecule has 11 aromatic carbocycles. The topological polar surface area (TPSA) is 25.8 Å². The Morgan fingerprint density at radius 1 is 0.203 bits per heavy atom. The van der Waals surface area contributed by atoms with Crippen LogP contribution in [0, 0.1) is 12.1 Å². The first-order valence-corrected chi connectivity index (χ1v) is 26.5. The van der Waals surface area contributed by atoms with E-state index in [1.54, 1.807) is 0 Å². The van der Waals surface area contributed by atoms with Crippen molar-refractivity contribution < 1.29 is 21.1 Å². The van der Waals surface area contributed by atoms with Gasteiger partial charge in [0.2, 0.25) is 0 Å². The molecule has 0 spiro atoms. The van der Waals surface area contributed by atoms with Gasteiger partial charge >= 0.3 is 21.1 Å². The van der Waals surface area contributed by atoms with Gasteiger partial charge in [-0.15, -0.1) is 81.9 Å². The molecule has 79 heavy (non-hydrogen) atoms. The molecule has 0 aliphatic rings. The maximum atomic E-state index is 5.04. The van der Waals surface area contributed by atoms with Gasteiger partial charge < -0.3 is 0 Å². The molecule has 0 radical (unpaired) electrons. The second-order valence-electron chi connectivity index (χ2n) is 19.4. The fourth-order valence-electron chi connectivity index (χ4n) is 11.0. The normalized spacial score (nSPS) is 10.9. The van der Waals surface area contributed by atoms with Crippen LogP contribution >= 0.6 is 0 Å². The summed E-state index contributed by atoms with van der Waals surface area (Å²) in [4.78, 5) is 10.1. The number of aromatic nitrogens is 2. The Bertz CT molecular complexity index is 3860. The Morgan fingerprint density at radius 2 is 0.443 bits per heavy atom. The second-order valence-corrected chi connectivity index (χ2v) is 19.4. The predicted molar refractivity (Wildman–Crippen MR) is 325 cm³/mol. The number of nitrogens with zero attached hydrogens (tertiary/aromatic N) is 2. The first-order chi connectivity index (χ1) is 38.7. The van der Waals surface area contributed by atoms with E-state index in [4.69, 9.17) is 9.97 Å². The zero-order valence-electron chi connectivity index (χ0n) is 43.1. The third-order valence-corrected chi connectivity index (χ3v) is 14.6. The van der Waals surface area contributed by atoms with Crippen molar-refractivity contribution in [3.63, 3.8) is 0 Å². The zero-order valence-corrected chi connectivity index (χ0v) is 45.4. The van der Waals surface area contributed by atoms with Crippen LogP contribution in [0.3, 0.4) is 0 Å². The van der Waals surface area contributed by atoms with Gasteiger partial charge in [0, 0.05) is 12.4 Å². The van der Waals surface area contributed by atoms with Crippen LogP contribution in [0.15, 0.2) is 304 Å².